The molecule has 0 unspecified atom stereocenters. The van der Waals surface area contributed by atoms with E-state index in [0.29, 0.717) is 5.75 Å². The van der Waals surface area contributed by atoms with Crippen molar-refractivity contribution in [1.82, 2.24) is 4.98 Å². The smallest absolute Gasteiger partial charge is 0.417 e. The van der Waals surface area contributed by atoms with E-state index < -0.39 is 11.7 Å². The standard InChI is InChI=1S/C13H9F3N4O/c1-21-10-4-8(6-18-7-10)11-3-2-9(19-20-17)5-12(11)13(14,15)16/h2-7H,1H3. The lowest BCUT2D eigenvalue weighted by Gasteiger charge is -2.14. The first-order valence-corrected chi connectivity index (χ1v) is 5.71. The maximum Gasteiger partial charge on any atom is 0.417 e. The Balaban J connectivity index is 2.64. The number of azide groups is 1. The predicted octanol–water partition coefficient (Wildman–Crippen LogP) is 4.72. The van der Waals surface area contributed by atoms with Gasteiger partial charge in [-0.05, 0) is 23.2 Å². The number of aromatic nitrogens is 1. The second-order valence-electron chi connectivity index (χ2n) is 4.03. The van der Waals surface area contributed by atoms with Crippen molar-refractivity contribution in [3.8, 4) is 16.9 Å². The molecule has 0 amide bonds. The van der Waals surface area contributed by atoms with E-state index in [1.54, 1.807) is 0 Å². The van der Waals surface area contributed by atoms with Gasteiger partial charge >= 0.3 is 6.18 Å². The summed E-state index contributed by atoms with van der Waals surface area (Å²) in [6.07, 6.45) is -1.88. The van der Waals surface area contributed by atoms with E-state index in [1.165, 1.54) is 37.7 Å². The van der Waals surface area contributed by atoms with Crippen LogP contribution in [-0.2, 0) is 6.18 Å². The molecular formula is C13H9F3N4O. The summed E-state index contributed by atoms with van der Waals surface area (Å²) in [5.74, 6) is 0.347. The van der Waals surface area contributed by atoms with Gasteiger partial charge in [-0.3, -0.25) is 4.98 Å². The third-order valence-corrected chi connectivity index (χ3v) is 2.73. The summed E-state index contributed by atoms with van der Waals surface area (Å²) < 4.78 is 44.4. The summed E-state index contributed by atoms with van der Waals surface area (Å²) in [6, 6.07) is 4.80. The van der Waals surface area contributed by atoms with Crippen LogP contribution < -0.4 is 4.74 Å². The van der Waals surface area contributed by atoms with Gasteiger partial charge in [-0.25, -0.2) is 0 Å². The van der Waals surface area contributed by atoms with Crippen LogP contribution in [0.4, 0.5) is 18.9 Å². The van der Waals surface area contributed by atoms with Gasteiger partial charge in [0.05, 0.1) is 18.9 Å². The van der Waals surface area contributed by atoms with Crippen molar-refractivity contribution in [1.29, 1.82) is 0 Å². The summed E-state index contributed by atoms with van der Waals surface area (Å²) in [4.78, 5) is 6.32. The first kappa shape index (κ1) is 14.7. The Morgan fingerprint density at radius 1 is 1.24 bits per heavy atom. The van der Waals surface area contributed by atoms with Crippen LogP contribution in [0.1, 0.15) is 5.56 Å². The average molecular weight is 294 g/mol. The minimum absolute atomic E-state index is 0.0641. The lowest BCUT2D eigenvalue weighted by Crippen LogP contribution is -2.07. The van der Waals surface area contributed by atoms with Gasteiger partial charge in [-0.1, -0.05) is 17.2 Å². The van der Waals surface area contributed by atoms with Crippen molar-refractivity contribution in [2.75, 3.05) is 7.11 Å². The van der Waals surface area contributed by atoms with Gasteiger partial charge in [0.1, 0.15) is 5.75 Å². The Morgan fingerprint density at radius 3 is 2.62 bits per heavy atom. The average Bonchev–Trinajstić information content (AvgIpc) is 2.47. The van der Waals surface area contributed by atoms with E-state index in [0.717, 1.165) is 6.07 Å². The van der Waals surface area contributed by atoms with E-state index in [9.17, 15) is 13.2 Å². The molecule has 1 heterocycles. The molecule has 8 heteroatoms. The van der Waals surface area contributed by atoms with Crippen LogP contribution in [0.2, 0.25) is 0 Å². The molecule has 108 valence electrons. The lowest BCUT2D eigenvalue weighted by molar-refractivity contribution is -0.137. The second kappa shape index (κ2) is 5.72. The number of pyridine rings is 1. The van der Waals surface area contributed by atoms with Crippen LogP contribution in [0.3, 0.4) is 0 Å². The molecule has 0 aliphatic carbocycles. The van der Waals surface area contributed by atoms with Gasteiger partial charge < -0.3 is 4.74 Å². The minimum Gasteiger partial charge on any atom is -0.495 e. The van der Waals surface area contributed by atoms with Gasteiger partial charge in [0, 0.05) is 22.4 Å². The molecular weight excluding hydrogens is 285 g/mol. The molecule has 0 radical (unpaired) electrons. The molecule has 0 spiro atoms. The summed E-state index contributed by atoms with van der Waals surface area (Å²) >= 11 is 0. The fraction of sp³-hybridized carbons (Fsp3) is 0.154. The number of ether oxygens (including phenoxy) is 1. The highest BCUT2D eigenvalue weighted by Crippen LogP contribution is 2.39. The fourth-order valence-corrected chi connectivity index (χ4v) is 1.81. The maximum atomic E-state index is 13.2. The van der Waals surface area contributed by atoms with Crippen molar-refractivity contribution in [3.63, 3.8) is 0 Å². The third kappa shape index (κ3) is 3.24. The number of alkyl halides is 3. The molecule has 2 rings (SSSR count). The van der Waals surface area contributed by atoms with Gasteiger partial charge in [-0.2, -0.15) is 13.2 Å². The molecule has 0 bridgehead atoms. The number of halogens is 3. The van der Waals surface area contributed by atoms with E-state index in [4.69, 9.17) is 10.3 Å². The number of hydrogen-bond acceptors (Lipinski definition) is 3. The predicted molar refractivity (Wildman–Crippen MR) is 70.0 cm³/mol. The van der Waals surface area contributed by atoms with Gasteiger partial charge in [0.25, 0.3) is 0 Å². The van der Waals surface area contributed by atoms with Gasteiger partial charge in [0.15, 0.2) is 0 Å². The van der Waals surface area contributed by atoms with Crippen LogP contribution >= 0.6 is 0 Å². The molecule has 5 nitrogen and oxygen atoms in total. The Bertz CT molecular complexity index is 709. The summed E-state index contributed by atoms with van der Waals surface area (Å²) in [5.41, 5.74) is 7.51. The zero-order chi connectivity index (χ0) is 15.5. The number of benzene rings is 1. The molecule has 1 aromatic heterocycles. The van der Waals surface area contributed by atoms with Crippen LogP contribution in [-0.4, -0.2) is 12.1 Å². The Morgan fingerprint density at radius 2 is 2.00 bits per heavy atom. The first-order chi connectivity index (χ1) is 9.95. The molecule has 21 heavy (non-hydrogen) atoms. The van der Waals surface area contributed by atoms with Crippen LogP contribution in [0.25, 0.3) is 21.6 Å². The van der Waals surface area contributed by atoms with Crippen LogP contribution in [0, 0.1) is 0 Å². The summed E-state index contributed by atoms with van der Waals surface area (Å²) in [7, 11) is 1.40. The molecule has 0 aliphatic rings. The maximum absolute atomic E-state index is 13.2. The lowest BCUT2D eigenvalue weighted by atomic mass is 10.00. The van der Waals surface area contributed by atoms with E-state index >= 15 is 0 Å². The highest BCUT2D eigenvalue weighted by molar-refractivity contribution is 5.70. The molecule has 1 aromatic carbocycles. The molecule has 2 aromatic rings. The Kier molecular flexibility index (Phi) is 4.00. The number of rotatable bonds is 3. The third-order valence-electron chi connectivity index (χ3n) is 2.73. The molecule has 0 aliphatic heterocycles. The van der Waals surface area contributed by atoms with Crippen molar-refractivity contribution in [3.05, 3.63) is 52.7 Å². The van der Waals surface area contributed by atoms with Gasteiger partial charge in [-0.15, -0.1) is 0 Å². The normalized spacial score (nSPS) is 10.9. The molecule has 0 saturated carbocycles. The summed E-state index contributed by atoms with van der Waals surface area (Å²) in [5, 5.41) is 3.19. The van der Waals surface area contributed by atoms with Gasteiger partial charge in [0.2, 0.25) is 0 Å². The molecule has 0 saturated heterocycles. The monoisotopic (exact) mass is 294 g/mol. The zero-order valence-corrected chi connectivity index (χ0v) is 10.8. The minimum atomic E-state index is -4.58. The second-order valence-corrected chi connectivity index (χ2v) is 4.03. The number of methoxy groups -OCH3 is 1. The first-order valence-electron chi connectivity index (χ1n) is 5.71. The summed E-state index contributed by atoms with van der Waals surface area (Å²) in [6.45, 7) is 0. The van der Waals surface area contributed by atoms with E-state index in [1.807, 2.05) is 0 Å². The number of hydrogen-bond donors (Lipinski definition) is 0. The topological polar surface area (TPSA) is 70.9 Å². The highest BCUT2D eigenvalue weighted by Gasteiger charge is 2.34. The van der Waals surface area contributed by atoms with Crippen molar-refractivity contribution in [2.24, 2.45) is 5.11 Å². The van der Waals surface area contributed by atoms with Crippen molar-refractivity contribution >= 4 is 5.69 Å². The van der Waals surface area contributed by atoms with Crippen molar-refractivity contribution < 1.29 is 17.9 Å². The quantitative estimate of drug-likeness (QED) is 0.467. The Hall–Kier alpha value is -2.73. The van der Waals surface area contributed by atoms with E-state index in [2.05, 4.69) is 15.0 Å². The van der Waals surface area contributed by atoms with Crippen LogP contribution in [0.15, 0.2) is 41.8 Å². The largest absolute Gasteiger partial charge is 0.495 e. The number of nitrogens with zero attached hydrogens (tertiary/aromatic N) is 4. The van der Waals surface area contributed by atoms with E-state index in [-0.39, 0.29) is 16.8 Å². The Labute approximate surface area is 117 Å². The molecule has 0 atom stereocenters. The SMILES string of the molecule is COc1cncc(-c2ccc(N=[N+]=[N-])cc2C(F)(F)F)c1. The molecule has 0 fully saturated rings. The fourth-order valence-electron chi connectivity index (χ4n) is 1.81. The molecule has 0 N–H and O–H groups in total. The zero-order valence-electron chi connectivity index (χ0n) is 10.8. The highest BCUT2D eigenvalue weighted by atomic mass is 19.4. The van der Waals surface area contributed by atoms with Crippen molar-refractivity contribution in [2.45, 2.75) is 6.18 Å². The van der Waals surface area contributed by atoms with Crippen LogP contribution in [0.5, 0.6) is 5.75 Å².